The Morgan fingerprint density at radius 3 is 2.85 bits per heavy atom. The lowest BCUT2D eigenvalue weighted by atomic mass is 10.1. The zero-order valence-corrected chi connectivity index (χ0v) is 12.2. The van der Waals surface area contributed by atoms with E-state index >= 15 is 0 Å². The van der Waals surface area contributed by atoms with Crippen molar-refractivity contribution in [3.63, 3.8) is 0 Å². The fourth-order valence-electron chi connectivity index (χ4n) is 3.02. The molecule has 0 fully saturated rings. The van der Waals surface area contributed by atoms with E-state index in [2.05, 4.69) is 28.9 Å². The van der Waals surface area contributed by atoms with Crippen molar-refractivity contribution in [3.8, 4) is 0 Å². The van der Waals surface area contributed by atoms with Crippen LogP contribution in [-0.4, -0.2) is 20.1 Å². The van der Waals surface area contributed by atoms with E-state index in [4.69, 9.17) is 0 Å². The summed E-state index contributed by atoms with van der Waals surface area (Å²) < 4.78 is 4.17. The highest BCUT2D eigenvalue weighted by molar-refractivity contribution is 5.97. The molecule has 4 nitrogen and oxygen atoms in total. The summed E-state index contributed by atoms with van der Waals surface area (Å²) >= 11 is 0. The first-order valence-electron chi connectivity index (χ1n) is 7.42. The smallest absolute Gasteiger partial charge is 0.164 e. The number of nitrogens with zero attached hydrogens (tertiary/aromatic N) is 3. The number of fused-ring (bicyclic) bond motifs is 1. The molecule has 0 atom stereocenters. The van der Waals surface area contributed by atoms with Crippen LogP contribution in [0.5, 0.6) is 0 Å². The largest absolute Gasteiger partial charge is 0.347 e. The summed E-state index contributed by atoms with van der Waals surface area (Å²) in [6, 6.07) is 2.12. The predicted octanol–water partition coefficient (Wildman–Crippen LogP) is 2.97. The summed E-state index contributed by atoms with van der Waals surface area (Å²) in [4.78, 5) is 12.1. The van der Waals surface area contributed by atoms with E-state index < -0.39 is 0 Å². The van der Waals surface area contributed by atoms with Crippen LogP contribution in [0.4, 0.5) is 0 Å². The van der Waals surface area contributed by atoms with Crippen LogP contribution < -0.4 is 0 Å². The molecule has 4 heteroatoms. The summed E-state index contributed by atoms with van der Waals surface area (Å²) in [6.45, 7) is 5.78. The van der Waals surface area contributed by atoms with Gasteiger partial charge in [0.05, 0.1) is 17.9 Å². The molecule has 20 heavy (non-hydrogen) atoms. The van der Waals surface area contributed by atoms with Crippen LogP contribution >= 0.6 is 0 Å². The van der Waals surface area contributed by atoms with Crippen LogP contribution in [0.2, 0.25) is 0 Å². The van der Waals surface area contributed by atoms with Crippen molar-refractivity contribution in [1.29, 1.82) is 0 Å². The number of ketones is 1. The first-order chi connectivity index (χ1) is 9.67. The number of hydrogen-bond donors (Lipinski definition) is 0. The van der Waals surface area contributed by atoms with Crippen molar-refractivity contribution < 1.29 is 4.79 Å². The minimum absolute atomic E-state index is 0.302. The van der Waals surface area contributed by atoms with Gasteiger partial charge in [0.25, 0.3) is 0 Å². The van der Waals surface area contributed by atoms with Gasteiger partial charge in [-0.2, -0.15) is 5.10 Å². The third-order valence-corrected chi connectivity index (χ3v) is 3.99. The Balaban J connectivity index is 1.88. The zero-order valence-electron chi connectivity index (χ0n) is 12.2. The second kappa shape index (κ2) is 5.27. The molecule has 106 valence electrons. The maximum absolute atomic E-state index is 12.1. The molecule has 0 bridgehead atoms. The summed E-state index contributed by atoms with van der Waals surface area (Å²) in [7, 11) is 0. The highest BCUT2D eigenvalue weighted by Crippen LogP contribution is 2.22. The molecular weight excluding hydrogens is 250 g/mol. The summed E-state index contributed by atoms with van der Waals surface area (Å²) in [5, 5.41) is 4.47. The average molecular weight is 271 g/mol. The number of carbonyl (C=O) groups excluding carboxylic acids is 1. The van der Waals surface area contributed by atoms with Crippen molar-refractivity contribution in [2.75, 3.05) is 0 Å². The standard InChI is InChI=1S/C16H21N3O/c1-3-19-14(8-12(2)17-19)10-18-9-13-6-4-5-7-16(20)15(13)11-18/h8-9,11H,3-7,10H2,1-2H3. The molecule has 1 aliphatic carbocycles. The normalized spacial score (nSPS) is 15.2. The van der Waals surface area contributed by atoms with Gasteiger partial charge in [-0.1, -0.05) is 0 Å². The number of aromatic nitrogens is 3. The number of Topliss-reactive ketones (excluding diaryl/α,β-unsaturated/α-hetero) is 1. The van der Waals surface area contributed by atoms with Gasteiger partial charge < -0.3 is 4.57 Å². The van der Waals surface area contributed by atoms with Gasteiger partial charge in [-0.05, 0) is 44.7 Å². The van der Waals surface area contributed by atoms with Crippen LogP contribution in [0.15, 0.2) is 18.5 Å². The van der Waals surface area contributed by atoms with Crippen LogP contribution in [0.1, 0.15) is 53.5 Å². The number of rotatable bonds is 3. The Hall–Kier alpha value is -1.84. The lowest BCUT2D eigenvalue weighted by molar-refractivity contribution is 0.0982. The Bertz CT molecular complexity index is 636. The third-order valence-electron chi connectivity index (χ3n) is 3.99. The molecule has 0 spiro atoms. The van der Waals surface area contributed by atoms with Gasteiger partial charge in [0.1, 0.15) is 0 Å². The highest BCUT2D eigenvalue weighted by atomic mass is 16.1. The lowest BCUT2D eigenvalue weighted by Crippen LogP contribution is -2.07. The van der Waals surface area contributed by atoms with Crippen LogP contribution in [0.3, 0.4) is 0 Å². The van der Waals surface area contributed by atoms with Gasteiger partial charge in [-0.25, -0.2) is 0 Å². The van der Waals surface area contributed by atoms with E-state index in [1.807, 2.05) is 17.8 Å². The summed E-state index contributed by atoms with van der Waals surface area (Å²) in [5.74, 6) is 0.302. The minimum atomic E-state index is 0.302. The molecule has 0 radical (unpaired) electrons. The Labute approximate surface area is 119 Å². The first kappa shape index (κ1) is 13.2. The number of aryl methyl sites for hydroxylation is 3. The van der Waals surface area contributed by atoms with Crippen LogP contribution in [0.25, 0.3) is 0 Å². The quantitative estimate of drug-likeness (QED) is 0.805. The van der Waals surface area contributed by atoms with Gasteiger partial charge in [-0.15, -0.1) is 0 Å². The molecule has 2 aromatic rings. The van der Waals surface area contributed by atoms with E-state index in [1.165, 1.54) is 11.3 Å². The predicted molar refractivity (Wildman–Crippen MR) is 78.1 cm³/mol. The molecule has 0 aliphatic heterocycles. The van der Waals surface area contributed by atoms with Crippen molar-refractivity contribution in [2.45, 2.75) is 52.6 Å². The highest BCUT2D eigenvalue weighted by Gasteiger charge is 2.18. The molecule has 0 saturated heterocycles. The van der Waals surface area contributed by atoms with Gasteiger partial charge in [-0.3, -0.25) is 9.48 Å². The molecule has 0 amide bonds. The molecule has 0 aromatic carbocycles. The van der Waals surface area contributed by atoms with E-state index in [9.17, 15) is 4.79 Å². The van der Waals surface area contributed by atoms with E-state index in [1.54, 1.807) is 0 Å². The minimum Gasteiger partial charge on any atom is -0.347 e. The molecule has 2 aromatic heterocycles. The van der Waals surface area contributed by atoms with Gasteiger partial charge in [0, 0.05) is 30.9 Å². The molecule has 0 N–H and O–H groups in total. The summed E-state index contributed by atoms with van der Waals surface area (Å²) in [5.41, 5.74) is 4.39. The van der Waals surface area contributed by atoms with Crippen molar-refractivity contribution in [3.05, 3.63) is 41.0 Å². The SMILES string of the molecule is CCn1nc(C)cc1Cn1cc2c(c1)C(=O)CCCC2. The maximum Gasteiger partial charge on any atom is 0.164 e. The number of carbonyl (C=O) groups is 1. The molecule has 0 saturated carbocycles. The van der Waals surface area contributed by atoms with Crippen molar-refractivity contribution in [2.24, 2.45) is 0 Å². The summed E-state index contributed by atoms with van der Waals surface area (Å²) in [6.07, 6.45) is 8.03. The first-order valence-corrected chi connectivity index (χ1v) is 7.42. The Morgan fingerprint density at radius 1 is 1.25 bits per heavy atom. The topological polar surface area (TPSA) is 39.8 Å². The van der Waals surface area contributed by atoms with Crippen LogP contribution in [0, 0.1) is 6.92 Å². The molecule has 1 aliphatic rings. The van der Waals surface area contributed by atoms with Crippen molar-refractivity contribution >= 4 is 5.78 Å². The van der Waals surface area contributed by atoms with E-state index in [0.717, 1.165) is 43.6 Å². The second-order valence-corrected chi connectivity index (χ2v) is 5.59. The maximum atomic E-state index is 12.1. The molecule has 0 unspecified atom stereocenters. The van der Waals surface area contributed by atoms with E-state index in [-0.39, 0.29) is 0 Å². The van der Waals surface area contributed by atoms with Gasteiger partial charge >= 0.3 is 0 Å². The lowest BCUT2D eigenvalue weighted by Gasteiger charge is -2.05. The molecule has 2 heterocycles. The Kier molecular flexibility index (Phi) is 3.47. The Morgan fingerprint density at radius 2 is 2.05 bits per heavy atom. The van der Waals surface area contributed by atoms with E-state index in [0.29, 0.717) is 12.2 Å². The molecule has 3 rings (SSSR count). The third kappa shape index (κ3) is 2.42. The van der Waals surface area contributed by atoms with Gasteiger partial charge in [0.15, 0.2) is 5.78 Å². The second-order valence-electron chi connectivity index (χ2n) is 5.59. The number of hydrogen-bond acceptors (Lipinski definition) is 2. The zero-order chi connectivity index (χ0) is 14.1. The van der Waals surface area contributed by atoms with Crippen LogP contribution in [-0.2, 0) is 19.5 Å². The fraction of sp³-hybridized carbons (Fsp3) is 0.500. The average Bonchev–Trinajstić information content (AvgIpc) is 2.94. The monoisotopic (exact) mass is 271 g/mol. The van der Waals surface area contributed by atoms with Crippen molar-refractivity contribution in [1.82, 2.24) is 14.3 Å². The van der Waals surface area contributed by atoms with Gasteiger partial charge in [0.2, 0.25) is 0 Å². The fourth-order valence-corrected chi connectivity index (χ4v) is 3.02. The molecular formula is C16H21N3O.